The maximum Gasteiger partial charge on any atom is 0.267 e. The molecule has 0 aromatic heterocycles. The van der Waals surface area contributed by atoms with Gasteiger partial charge in [-0.25, -0.2) is 0 Å². The Morgan fingerprint density at radius 1 is 1.12 bits per heavy atom. The van der Waals surface area contributed by atoms with Gasteiger partial charge in [0.25, 0.3) is 5.91 Å². The average molecular weight is 319 g/mol. The van der Waals surface area contributed by atoms with E-state index in [9.17, 15) is 10.1 Å². The van der Waals surface area contributed by atoms with Crippen LogP contribution >= 0.6 is 0 Å². The number of aryl methyl sites for hydroxylation is 1. The molecule has 0 spiro atoms. The van der Waals surface area contributed by atoms with Crippen LogP contribution in [0.3, 0.4) is 0 Å². The van der Waals surface area contributed by atoms with Gasteiger partial charge >= 0.3 is 0 Å². The van der Waals surface area contributed by atoms with Crippen molar-refractivity contribution in [2.24, 2.45) is 0 Å². The van der Waals surface area contributed by atoms with E-state index in [0.717, 1.165) is 11.3 Å². The lowest BCUT2D eigenvalue weighted by atomic mass is 10.0. The Balaban J connectivity index is 2.05. The first-order chi connectivity index (χ1) is 11.5. The van der Waals surface area contributed by atoms with E-state index in [0.29, 0.717) is 11.6 Å². The number of benzene rings is 2. The molecule has 0 heterocycles. The Morgan fingerprint density at radius 3 is 2.42 bits per heavy atom. The molecule has 0 unspecified atom stereocenters. The van der Waals surface area contributed by atoms with Gasteiger partial charge in [-0.3, -0.25) is 4.79 Å². The van der Waals surface area contributed by atoms with Gasteiger partial charge in [0.15, 0.2) is 0 Å². The highest BCUT2D eigenvalue weighted by molar-refractivity contribution is 6.06. The van der Waals surface area contributed by atoms with Crippen LogP contribution in [-0.4, -0.2) is 5.91 Å². The lowest BCUT2D eigenvalue weighted by molar-refractivity contribution is -0.112. The minimum Gasteiger partial charge on any atom is -0.360 e. The highest BCUT2D eigenvalue weighted by Crippen LogP contribution is 2.17. The number of nitrogens with zero attached hydrogens (tertiary/aromatic N) is 1. The fourth-order valence-electron chi connectivity index (χ4n) is 2.19. The standard InChI is InChI=1S/C20H21N3O/c1-14(2)16-7-9-18(10-8-16)23-20(24)17(12-21)13-22-19-6-4-5-15(3)11-19/h4-11,13-14,22H,1-3H3,(H,23,24)/b17-13-. The molecule has 0 aliphatic rings. The highest BCUT2D eigenvalue weighted by atomic mass is 16.1. The number of hydrogen-bond acceptors (Lipinski definition) is 3. The van der Waals surface area contributed by atoms with Crippen LogP contribution in [0.25, 0.3) is 0 Å². The van der Waals surface area contributed by atoms with Crippen LogP contribution in [-0.2, 0) is 4.79 Å². The number of carbonyl (C=O) groups is 1. The SMILES string of the molecule is Cc1cccc(N/C=C(/C#N)C(=O)Nc2ccc(C(C)C)cc2)c1. The maximum atomic E-state index is 12.2. The summed E-state index contributed by atoms with van der Waals surface area (Å²) in [7, 11) is 0. The quantitative estimate of drug-likeness (QED) is 0.626. The molecule has 0 atom stereocenters. The predicted molar refractivity (Wildman–Crippen MR) is 97.7 cm³/mol. The van der Waals surface area contributed by atoms with Crippen LogP contribution in [0.4, 0.5) is 11.4 Å². The molecule has 0 saturated carbocycles. The van der Waals surface area contributed by atoms with Gasteiger partial charge in [0.2, 0.25) is 0 Å². The van der Waals surface area contributed by atoms with Gasteiger partial charge in [-0.15, -0.1) is 0 Å². The smallest absolute Gasteiger partial charge is 0.267 e. The molecule has 2 aromatic carbocycles. The minimum atomic E-state index is -0.435. The zero-order chi connectivity index (χ0) is 17.5. The number of rotatable bonds is 5. The normalized spacial score (nSPS) is 11.0. The van der Waals surface area contributed by atoms with Crippen LogP contribution in [0.15, 0.2) is 60.3 Å². The zero-order valence-corrected chi connectivity index (χ0v) is 14.1. The largest absolute Gasteiger partial charge is 0.360 e. The summed E-state index contributed by atoms with van der Waals surface area (Å²) in [5.41, 5.74) is 3.81. The number of amides is 1. The maximum absolute atomic E-state index is 12.2. The first kappa shape index (κ1) is 17.3. The molecular formula is C20H21N3O. The minimum absolute atomic E-state index is 0.0180. The Morgan fingerprint density at radius 2 is 1.83 bits per heavy atom. The Bertz CT molecular complexity index is 783. The number of carbonyl (C=O) groups excluding carboxylic acids is 1. The van der Waals surface area contributed by atoms with Crippen LogP contribution in [0.5, 0.6) is 0 Å². The van der Waals surface area contributed by atoms with Gasteiger partial charge in [0.1, 0.15) is 11.6 Å². The van der Waals surface area contributed by atoms with E-state index in [1.54, 1.807) is 0 Å². The van der Waals surface area contributed by atoms with E-state index in [1.807, 2.05) is 61.5 Å². The summed E-state index contributed by atoms with van der Waals surface area (Å²) in [6.45, 7) is 6.20. The fraction of sp³-hybridized carbons (Fsp3) is 0.200. The molecule has 0 aliphatic carbocycles. The second-order valence-corrected chi connectivity index (χ2v) is 5.91. The lowest BCUT2D eigenvalue weighted by Crippen LogP contribution is -2.14. The van der Waals surface area contributed by atoms with Crippen molar-refractivity contribution in [3.8, 4) is 6.07 Å². The van der Waals surface area contributed by atoms with E-state index >= 15 is 0 Å². The molecule has 2 aromatic rings. The van der Waals surface area contributed by atoms with Crippen molar-refractivity contribution in [2.75, 3.05) is 10.6 Å². The van der Waals surface area contributed by atoms with Gasteiger partial charge in [-0.2, -0.15) is 5.26 Å². The van der Waals surface area contributed by atoms with Crippen molar-refractivity contribution >= 4 is 17.3 Å². The first-order valence-electron chi connectivity index (χ1n) is 7.84. The number of anilines is 2. The zero-order valence-electron chi connectivity index (χ0n) is 14.1. The third-order valence-corrected chi connectivity index (χ3v) is 3.60. The summed E-state index contributed by atoms with van der Waals surface area (Å²) >= 11 is 0. The van der Waals surface area contributed by atoms with Crippen molar-refractivity contribution in [3.63, 3.8) is 0 Å². The molecule has 122 valence electrons. The molecule has 2 rings (SSSR count). The first-order valence-corrected chi connectivity index (χ1v) is 7.84. The van der Waals surface area contributed by atoms with E-state index in [2.05, 4.69) is 24.5 Å². The van der Waals surface area contributed by atoms with Crippen LogP contribution in [0.1, 0.15) is 30.9 Å². The summed E-state index contributed by atoms with van der Waals surface area (Å²) in [5, 5.41) is 14.9. The Hall–Kier alpha value is -3.06. The summed E-state index contributed by atoms with van der Waals surface area (Å²) in [6, 6.07) is 17.3. The average Bonchev–Trinajstić information content (AvgIpc) is 2.56. The van der Waals surface area contributed by atoms with Crippen molar-refractivity contribution in [1.82, 2.24) is 0 Å². The summed E-state index contributed by atoms with van der Waals surface area (Å²) in [5.74, 6) is -0.00204. The predicted octanol–water partition coefficient (Wildman–Crippen LogP) is 4.58. The third kappa shape index (κ3) is 4.72. The molecule has 4 heteroatoms. The van der Waals surface area contributed by atoms with Gasteiger partial charge in [-0.1, -0.05) is 38.1 Å². The van der Waals surface area contributed by atoms with Gasteiger partial charge in [0.05, 0.1) is 0 Å². The Kier molecular flexibility index (Phi) is 5.75. The van der Waals surface area contributed by atoms with E-state index in [1.165, 1.54) is 11.8 Å². The molecule has 4 nitrogen and oxygen atoms in total. The third-order valence-electron chi connectivity index (χ3n) is 3.60. The summed E-state index contributed by atoms with van der Waals surface area (Å²) in [4.78, 5) is 12.2. The monoisotopic (exact) mass is 319 g/mol. The summed E-state index contributed by atoms with van der Waals surface area (Å²) in [6.07, 6.45) is 1.42. The van der Waals surface area contributed by atoms with Gasteiger partial charge in [-0.05, 0) is 48.2 Å². The topological polar surface area (TPSA) is 64.9 Å². The molecule has 24 heavy (non-hydrogen) atoms. The molecule has 0 bridgehead atoms. The van der Waals surface area contributed by atoms with Crippen LogP contribution in [0, 0.1) is 18.3 Å². The molecule has 2 N–H and O–H groups in total. The van der Waals surface area contributed by atoms with Gasteiger partial charge in [0, 0.05) is 17.6 Å². The second-order valence-electron chi connectivity index (χ2n) is 5.91. The number of hydrogen-bond donors (Lipinski definition) is 2. The van der Waals surface area contributed by atoms with Crippen molar-refractivity contribution in [1.29, 1.82) is 5.26 Å². The van der Waals surface area contributed by atoms with E-state index in [-0.39, 0.29) is 5.57 Å². The summed E-state index contributed by atoms with van der Waals surface area (Å²) < 4.78 is 0. The van der Waals surface area contributed by atoms with Crippen molar-refractivity contribution in [3.05, 3.63) is 71.4 Å². The van der Waals surface area contributed by atoms with Crippen molar-refractivity contribution < 1.29 is 4.79 Å². The molecule has 0 saturated heterocycles. The molecule has 0 fully saturated rings. The van der Waals surface area contributed by atoms with Gasteiger partial charge < -0.3 is 10.6 Å². The molecular weight excluding hydrogens is 298 g/mol. The highest BCUT2D eigenvalue weighted by Gasteiger charge is 2.09. The fourth-order valence-corrected chi connectivity index (χ4v) is 2.19. The van der Waals surface area contributed by atoms with Crippen LogP contribution < -0.4 is 10.6 Å². The second kappa shape index (κ2) is 7.98. The number of nitriles is 1. The lowest BCUT2D eigenvalue weighted by Gasteiger charge is -2.08. The molecule has 1 amide bonds. The van der Waals surface area contributed by atoms with Crippen molar-refractivity contribution in [2.45, 2.75) is 26.7 Å². The molecule has 0 radical (unpaired) electrons. The Labute approximate surface area is 142 Å². The van der Waals surface area contributed by atoms with E-state index < -0.39 is 5.91 Å². The molecule has 0 aliphatic heterocycles. The number of nitrogens with one attached hydrogen (secondary N) is 2. The van der Waals surface area contributed by atoms with Crippen LogP contribution in [0.2, 0.25) is 0 Å². The van der Waals surface area contributed by atoms with E-state index in [4.69, 9.17) is 0 Å².